The fourth-order valence-electron chi connectivity index (χ4n) is 3.66. The number of amides is 2. The molecule has 1 saturated carbocycles. The van der Waals surface area contributed by atoms with E-state index in [1.165, 1.54) is 0 Å². The van der Waals surface area contributed by atoms with Crippen molar-refractivity contribution in [2.75, 3.05) is 27.3 Å². The minimum Gasteiger partial charge on any atom is -0.493 e. The molecule has 1 aromatic carbocycles. The summed E-state index contributed by atoms with van der Waals surface area (Å²) in [7, 11) is 3.21. The molecule has 1 aliphatic rings. The number of furan rings is 1. The Kier molecular flexibility index (Phi) is 8.20. The van der Waals surface area contributed by atoms with Gasteiger partial charge in [0.1, 0.15) is 12.3 Å². The summed E-state index contributed by atoms with van der Waals surface area (Å²) in [6.07, 6.45) is 4.92. The molecule has 1 atom stereocenters. The Morgan fingerprint density at radius 2 is 1.91 bits per heavy atom. The second-order valence-electron chi connectivity index (χ2n) is 8.33. The molecular weight excluding hydrogens is 408 g/mol. The average molecular weight is 443 g/mol. The van der Waals surface area contributed by atoms with E-state index in [2.05, 4.69) is 0 Å². The SMILES string of the molecule is CCC(C)N(CC(=O)N(CCc1ccc(OC)c(OC)c1)Cc1ccco1)C(=O)C1CC1. The summed E-state index contributed by atoms with van der Waals surface area (Å²) in [5.74, 6) is 2.16. The van der Waals surface area contributed by atoms with Crippen molar-refractivity contribution >= 4 is 11.8 Å². The zero-order valence-corrected chi connectivity index (χ0v) is 19.5. The van der Waals surface area contributed by atoms with Crippen LogP contribution in [0, 0.1) is 5.92 Å². The molecule has 32 heavy (non-hydrogen) atoms. The van der Waals surface area contributed by atoms with Crippen LogP contribution >= 0.6 is 0 Å². The topological polar surface area (TPSA) is 72.2 Å². The van der Waals surface area contributed by atoms with Gasteiger partial charge in [-0.2, -0.15) is 0 Å². The van der Waals surface area contributed by atoms with Crippen molar-refractivity contribution in [1.82, 2.24) is 9.80 Å². The first kappa shape index (κ1) is 23.7. The van der Waals surface area contributed by atoms with E-state index in [0.717, 1.165) is 24.8 Å². The highest BCUT2D eigenvalue weighted by atomic mass is 16.5. The average Bonchev–Trinajstić information content (AvgIpc) is 3.54. The first-order chi connectivity index (χ1) is 15.5. The van der Waals surface area contributed by atoms with E-state index in [-0.39, 0.29) is 30.3 Å². The van der Waals surface area contributed by atoms with E-state index in [1.54, 1.807) is 30.3 Å². The zero-order chi connectivity index (χ0) is 23.1. The van der Waals surface area contributed by atoms with Crippen LogP contribution in [0.5, 0.6) is 11.5 Å². The molecule has 2 aromatic rings. The van der Waals surface area contributed by atoms with Gasteiger partial charge in [0.05, 0.1) is 27.0 Å². The predicted octanol–water partition coefficient (Wildman–Crippen LogP) is 3.91. The molecule has 2 amide bonds. The smallest absolute Gasteiger partial charge is 0.242 e. The maximum absolute atomic E-state index is 13.3. The first-order valence-electron chi connectivity index (χ1n) is 11.3. The zero-order valence-electron chi connectivity index (χ0n) is 19.5. The van der Waals surface area contributed by atoms with Crippen LogP contribution in [0.2, 0.25) is 0 Å². The normalized spacial score (nSPS) is 14.0. The number of hydrogen-bond acceptors (Lipinski definition) is 5. The lowest BCUT2D eigenvalue weighted by atomic mass is 10.1. The van der Waals surface area contributed by atoms with Crippen molar-refractivity contribution in [3.63, 3.8) is 0 Å². The maximum atomic E-state index is 13.3. The summed E-state index contributed by atoms with van der Waals surface area (Å²) in [5, 5.41) is 0. The number of benzene rings is 1. The highest BCUT2D eigenvalue weighted by molar-refractivity contribution is 5.87. The monoisotopic (exact) mass is 442 g/mol. The molecule has 1 heterocycles. The predicted molar refractivity (Wildman–Crippen MR) is 122 cm³/mol. The Labute approximate surface area is 190 Å². The molecule has 174 valence electrons. The molecule has 7 nitrogen and oxygen atoms in total. The number of methoxy groups -OCH3 is 2. The fraction of sp³-hybridized carbons (Fsp3) is 0.520. The summed E-state index contributed by atoms with van der Waals surface area (Å²) < 4.78 is 16.2. The standard InChI is InChI=1S/C25H34N2O5/c1-5-18(2)27(25(29)20-9-10-20)17-24(28)26(16-21-7-6-14-32-21)13-12-19-8-11-22(30-3)23(15-19)31-4/h6-8,11,14-15,18,20H,5,9-10,12-13,16-17H2,1-4H3. The Morgan fingerprint density at radius 3 is 2.50 bits per heavy atom. The highest BCUT2D eigenvalue weighted by Gasteiger charge is 2.36. The summed E-state index contributed by atoms with van der Waals surface area (Å²) >= 11 is 0. The van der Waals surface area contributed by atoms with Crippen molar-refractivity contribution in [2.24, 2.45) is 5.92 Å². The molecule has 7 heteroatoms. The maximum Gasteiger partial charge on any atom is 0.242 e. The largest absolute Gasteiger partial charge is 0.493 e. The molecule has 0 spiro atoms. The molecular formula is C25H34N2O5. The van der Waals surface area contributed by atoms with Gasteiger partial charge < -0.3 is 23.7 Å². The molecule has 0 bridgehead atoms. The van der Waals surface area contributed by atoms with Gasteiger partial charge in [-0.3, -0.25) is 9.59 Å². The summed E-state index contributed by atoms with van der Waals surface area (Å²) in [6, 6.07) is 9.47. The Bertz CT molecular complexity index is 892. The fourth-order valence-corrected chi connectivity index (χ4v) is 3.66. The molecule has 0 aliphatic heterocycles. The van der Waals surface area contributed by atoms with Crippen LogP contribution in [0.25, 0.3) is 0 Å². The Balaban J connectivity index is 1.72. The number of nitrogens with zero attached hydrogens (tertiary/aromatic N) is 2. The van der Waals surface area contributed by atoms with E-state index in [9.17, 15) is 9.59 Å². The van der Waals surface area contributed by atoms with Crippen LogP contribution in [-0.4, -0.2) is 55.0 Å². The number of carbonyl (C=O) groups is 2. The molecule has 1 aromatic heterocycles. The first-order valence-corrected chi connectivity index (χ1v) is 11.3. The minimum atomic E-state index is -0.0730. The van der Waals surface area contributed by atoms with E-state index < -0.39 is 0 Å². The van der Waals surface area contributed by atoms with Crippen molar-refractivity contribution < 1.29 is 23.5 Å². The lowest BCUT2D eigenvalue weighted by molar-refractivity contribution is -0.143. The molecule has 3 rings (SSSR count). The van der Waals surface area contributed by atoms with Crippen LogP contribution in [0.15, 0.2) is 41.0 Å². The van der Waals surface area contributed by atoms with Crippen molar-refractivity contribution in [2.45, 2.75) is 52.1 Å². The number of hydrogen-bond donors (Lipinski definition) is 0. The van der Waals surface area contributed by atoms with Gasteiger partial charge in [0.15, 0.2) is 11.5 Å². The highest BCUT2D eigenvalue weighted by Crippen LogP contribution is 2.32. The van der Waals surface area contributed by atoms with E-state index in [4.69, 9.17) is 13.9 Å². The molecule has 1 fully saturated rings. The van der Waals surface area contributed by atoms with Gasteiger partial charge in [-0.1, -0.05) is 13.0 Å². The van der Waals surface area contributed by atoms with Gasteiger partial charge in [0, 0.05) is 18.5 Å². The second-order valence-corrected chi connectivity index (χ2v) is 8.33. The van der Waals surface area contributed by atoms with Crippen LogP contribution < -0.4 is 9.47 Å². The van der Waals surface area contributed by atoms with Crippen molar-refractivity contribution in [1.29, 1.82) is 0 Å². The van der Waals surface area contributed by atoms with Gasteiger partial charge >= 0.3 is 0 Å². The van der Waals surface area contributed by atoms with E-state index in [0.29, 0.717) is 36.8 Å². The van der Waals surface area contributed by atoms with Crippen LogP contribution in [0.4, 0.5) is 0 Å². The van der Waals surface area contributed by atoms with Gasteiger partial charge in [-0.15, -0.1) is 0 Å². The minimum absolute atomic E-state index is 0.0309. The summed E-state index contributed by atoms with van der Waals surface area (Å²) in [5.41, 5.74) is 1.03. The van der Waals surface area contributed by atoms with Crippen LogP contribution in [-0.2, 0) is 22.6 Å². The number of carbonyl (C=O) groups excluding carboxylic acids is 2. The van der Waals surface area contributed by atoms with Crippen molar-refractivity contribution in [3.8, 4) is 11.5 Å². The van der Waals surface area contributed by atoms with E-state index in [1.807, 2.05) is 44.2 Å². The Morgan fingerprint density at radius 1 is 1.16 bits per heavy atom. The molecule has 0 N–H and O–H groups in total. The quantitative estimate of drug-likeness (QED) is 0.498. The molecule has 1 aliphatic carbocycles. The van der Waals surface area contributed by atoms with Crippen LogP contribution in [0.1, 0.15) is 44.4 Å². The van der Waals surface area contributed by atoms with Gasteiger partial charge in [-0.05, 0) is 62.4 Å². The van der Waals surface area contributed by atoms with Crippen molar-refractivity contribution in [3.05, 3.63) is 47.9 Å². The molecule has 0 saturated heterocycles. The third-order valence-electron chi connectivity index (χ3n) is 6.04. The third-order valence-corrected chi connectivity index (χ3v) is 6.04. The van der Waals surface area contributed by atoms with Gasteiger partial charge in [0.25, 0.3) is 0 Å². The van der Waals surface area contributed by atoms with E-state index >= 15 is 0 Å². The summed E-state index contributed by atoms with van der Waals surface area (Å²) in [4.78, 5) is 29.7. The lowest BCUT2D eigenvalue weighted by Gasteiger charge is -2.31. The molecule has 0 radical (unpaired) electrons. The lowest BCUT2D eigenvalue weighted by Crippen LogP contribution is -2.47. The molecule has 1 unspecified atom stereocenters. The number of rotatable bonds is 12. The van der Waals surface area contributed by atoms with Gasteiger partial charge in [0.2, 0.25) is 11.8 Å². The summed E-state index contributed by atoms with van der Waals surface area (Å²) in [6.45, 7) is 5.01. The Hall–Kier alpha value is -2.96. The number of ether oxygens (including phenoxy) is 2. The third kappa shape index (κ3) is 6.05. The van der Waals surface area contributed by atoms with Gasteiger partial charge in [-0.25, -0.2) is 0 Å². The van der Waals surface area contributed by atoms with Crippen LogP contribution in [0.3, 0.4) is 0 Å². The second kappa shape index (κ2) is 11.1.